The summed E-state index contributed by atoms with van der Waals surface area (Å²) in [6.07, 6.45) is 28.4. The molecule has 12 aromatic carbocycles. The van der Waals surface area contributed by atoms with Crippen LogP contribution in [-0.2, 0) is 32.5 Å². The first kappa shape index (κ1) is 80.2. The third-order valence-corrected chi connectivity index (χ3v) is 40.6. The summed E-state index contributed by atoms with van der Waals surface area (Å²) in [7, 11) is 0. The minimum absolute atomic E-state index is 0.000273. The average molecular weight is 1640 g/mol. The van der Waals surface area contributed by atoms with Crippen molar-refractivity contribution in [1.82, 2.24) is 0 Å². The summed E-state index contributed by atoms with van der Waals surface area (Å²) in [5, 5.41) is 0. The van der Waals surface area contributed by atoms with Crippen LogP contribution in [0.15, 0.2) is 255 Å². The maximum absolute atomic E-state index is 2.80. The Balaban J connectivity index is 0.000000167. The second kappa shape index (κ2) is 33.1. The van der Waals surface area contributed by atoms with Gasteiger partial charge in [-0.15, -0.1) is 0 Å². The van der Waals surface area contributed by atoms with Crippen LogP contribution in [0.2, 0.25) is 0 Å². The molecule has 0 amide bonds. The van der Waals surface area contributed by atoms with E-state index in [1.165, 1.54) is 194 Å². The molecule has 0 bridgehead atoms. The molecule has 0 N–H and O–H groups in total. The second-order valence-electron chi connectivity index (χ2n) is 35.9. The van der Waals surface area contributed by atoms with Gasteiger partial charge in [0.1, 0.15) is 0 Å². The van der Waals surface area contributed by atoms with Crippen LogP contribution in [0, 0.1) is 0 Å². The van der Waals surface area contributed by atoms with E-state index in [0.717, 1.165) is 0 Å². The summed E-state index contributed by atoms with van der Waals surface area (Å²) in [6.45, 7) is 29.4. The van der Waals surface area contributed by atoms with Crippen LogP contribution in [0.3, 0.4) is 0 Å². The van der Waals surface area contributed by atoms with E-state index in [-0.39, 0.29) is 32.5 Å². The zero-order chi connectivity index (χ0) is 80.1. The van der Waals surface area contributed by atoms with Gasteiger partial charge in [0, 0.05) is 0 Å². The summed E-state index contributed by atoms with van der Waals surface area (Å²) in [4.78, 5) is 0. The van der Waals surface area contributed by atoms with Crippen LogP contribution < -0.4 is 26.4 Å². The van der Waals surface area contributed by atoms with E-state index < -0.39 is 28.7 Å². The van der Waals surface area contributed by atoms with Crippen molar-refractivity contribution in [3.63, 3.8) is 0 Å². The maximum atomic E-state index is 2.80. The van der Waals surface area contributed by atoms with Gasteiger partial charge in [-0.1, -0.05) is 0 Å². The van der Waals surface area contributed by atoms with Crippen molar-refractivity contribution in [1.29, 1.82) is 0 Å². The Labute approximate surface area is 707 Å². The van der Waals surface area contributed by atoms with Crippen molar-refractivity contribution >= 4 is 55.1 Å². The zero-order valence-corrected chi connectivity index (χ0v) is 76.4. The van der Waals surface area contributed by atoms with Crippen LogP contribution in [0.1, 0.15) is 304 Å². The molecule has 590 valence electrons. The van der Waals surface area contributed by atoms with Crippen molar-refractivity contribution in [2.45, 2.75) is 270 Å². The molecule has 0 saturated carbocycles. The van der Waals surface area contributed by atoms with Gasteiger partial charge < -0.3 is 0 Å². The fourth-order valence-corrected chi connectivity index (χ4v) is 37.2. The molecule has 0 spiro atoms. The molecule has 0 aliphatic heterocycles. The predicted molar refractivity (Wildman–Crippen MR) is 504 cm³/mol. The van der Waals surface area contributed by atoms with Gasteiger partial charge in [0.15, 0.2) is 0 Å². The standard InChI is InChI=1S/2C57H63Ge/c2*1-7-33-55(34-8-2)47-30-22-20-28-44(47)50-52(55)49-43-27-19-21-29-46(43)56(35-9-3,36-10-4)53(49)51-45-32-31-42(39-48(45)57(37-11-5,38-12-6)54(50)51)58(40-23-15-13-16-24-40)41-25-17-14-18-26-41/h2*13-32,39H,7-12,33-38H2,1-6H3. The molecule has 0 heterocycles. The zero-order valence-electron chi connectivity index (χ0n) is 72.2. The van der Waals surface area contributed by atoms with Gasteiger partial charge in [0.25, 0.3) is 0 Å². The second-order valence-corrected chi connectivity index (χ2v) is 46.3. The van der Waals surface area contributed by atoms with E-state index in [1.807, 2.05) is 0 Å². The van der Waals surface area contributed by atoms with Crippen molar-refractivity contribution < 1.29 is 0 Å². The molecule has 0 unspecified atom stereocenters. The normalized spacial score (nSPS) is 15.8. The van der Waals surface area contributed by atoms with Gasteiger partial charge in [-0.3, -0.25) is 0 Å². The van der Waals surface area contributed by atoms with Crippen LogP contribution in [0.4, 0.5) is 0 Å². The van der Waals surface area contributed by atoms with Gasteiger partial charge in [0.05, 0.1) is 0 Å². The van der Waals surface area contributed by atoms with E-state index in [0.29, 0.717) is 0 Å². The Hall–Kier alpha value is -8.27. The third kappa shape index (κ3) is 12.1. The molecule has 18 rings (SSSR count). The van der Waals surface area contributed by atoms with Crippen molar-refractivity contribution in [3.05, 3.63) is 322 Å². The monoisotopic (exact) mass is 1640 g/mol. The first-order valence-corrected chi connectivity index (χ1v) is 52.5. The number of rotatable bonds is 30. The van der Waals surface area contributed by atoms with Gasteiger partial charge in [0.2, 0.25) is 0 Å². The van der Waals surface area contributed by atoms with Crippen LogP contribution in [0.25, 0.3) is 66.8 Å². The fraction of sp³-hybridized carbons (Fsp3) is 0.368. The van der Waals surface area contributed by atoms with Gasteiger partial charge >= 0.3 is 713 Å². The Morgan fingerprint density at radius 1 is 0.164 bits per heavy atom. The Morgan fingerprint density at radius 3 is 0.517 bits per heavy atom. The minimum atomic E-state index is -2.15. The first-order chi connectivity index (χ1) is 57.0. The van der Waals surface area contributed by atoms with Crippen LogP contribution in [-0.4, -0.2) is 28.7 Å². The SMILES string of the molecule is CCCC1(CCC)c2ccccc2-c2c1c1c(c3c2C(CCC)(CCC)c2c[c]([Ge]([c]4ccccc4)[c]4ccccc4)ccc2-3)C(CCC)(CCC)c2ccccc2-1.CCCC1(CCC)c2ccccc2-c2c1c1c(c3c2C(CCC)(CCC)c2c[c]([Ge]([c]4ccccc4)[c]4ccccc4)ccc2-3)C(CCC)(CCC)c2ccccc2-1. The molecule has 6 aliphatic rings. The number of hydrogen-bond acceptors (Lipinski definition) is 0. The predicted octanol–water partition coefficient (Wildman–Crippen LogP) is 27.6. The van der Waals surface area contributed by atoms with E-state index >= 15 is 0 Å². The quantitative estimate of drug-likeness (QED) is 0.0394. The molecule has 2 radical (unpaired) electrons. The molecule has 0 fully saturated rings. The Kier molecular flexibility index (Phi) is 22.9. The van der Waals surface area contributed by atoms with Crippen LogP contribution in [0.5, 0.6) is 0 Å². The van der Waals surface area contributed by atoms with Crippen molar-refractivity contribution in [2.24, 2.45) is 0 Å². The number of fused-ring (bicyclic) bond motifs is 24. The molecular formula is C114H126Ge2. The molecule has 0 nitrogen and oxygen atoms in total. The first-order valence-electron chi connectivity index (χ1n) is 46.2. The molecule has 12 aromatic rings. The molecule has 116 heavy (non-hydrogen) atoms. The summed E-state index contributed by atoms with van der Waals surface area (Å²) >= 11 is -4.30. The molecule has 6 aliphatic carbocycles. The van der Waals surface area contributed by atoms with E-state index in [4.69, 9.17) is 0 Å². The van der Waals surface area contributed by atoms with Gasteiger partial charge in [-0.05, 0) is 0 Å². The van der Waals surface area contributed by atoms with Gasteiger partial charge in [-0.2, -0.15) is 0 Å². The Morgan fingerprint density at radius 2 is 0.328 bits per heavy atom. The summed E-state index contributed by atoms with van der Waals surface area (Å²) in [5.74, 6) is 0. The van der Waals surface area contributed by atoms with E-state index in [2.05, 4.69) is 338 Å². The van der Waals surface area contributed by atoms with Crippen LogP contribution >= 0.6 is 0 Å². The Bertz CT molecular complexity index is 5090. The topological polar surface area (TPSA) is 0 Å². The molecule has 2 heteroatoms. The molecule has 0 atom stereocenters. The third-order valence-electron chi connectivity index (χ3n) is 29.3. The van der Waals surface area contributed by atoms with Gasteiger partial charge in [-0.25, -0.2) is 0 Å². The number of benzene rings is 12. The van der Waals surface area contributed by atoms with E-state index in [9.17, 15) is 0 Å². The fourth-order valence-electron chi connectivity index (χ4n) is 26.3. The van der Waals surface area contributed by atoms with Crippen molar-refractivity contribution in [3.8, 4) is 66.8 Å². The molecular weight excluding hydrogens is 1510 g/mol. The molecule has 0 saturated heterocycles. The van der Waals surface area contributed by atoms with Crippen molar-refractivity contribution in [2.75, 3.05) is 0 Å². The molecule has 0 aromatic heterocycles. The summed E-state index contributed by atoms with van der Waals surface area (Å²) < 4.78 is 9.28. The number of hydrogen-bond donors (Lipinski definition) is 0. The summed E-state index contributed by atoms with van der Waals surface area (Å²) in [5.41, 5.74) is 38.8. The van der Waals surface area contributed by atoms with E-state index in [1.54, 1.807) is 120 Å². The average Bonchev–Trinajstić information content (AvgIpc) is 1.49. The summed E-state index contributed by atoms with van der Waals surface area (Å²) in [6, 6.07) is 101.